The zero-order valence-corrected chi connectivity index (χ0v) is 13.2. The zero-order valence-electron chi connectivity index (χ0n) is 11.6. The third kappa shape index (κ3) is 4.99. The largest absolute Gasteiger partial charge is 0.481 e. The van der Waals surface area contributed by atoms with Gasteiger partial charge in [-0.25, -0.2) is 0 Å². The molecule has 0 amide bonds. The smallest absolute Gasteiger partial charge is 0.311 e. The van der Waals surface area contributed by atoms with Crippen LogP contribution in [0.4, 0.5) is 0 Å². The summed E-state index contributed by atoms with van der Waals surface area (Å²) in [4.78, 5) is 11.4. The first kappa shape index (κ1) is 15.7. The maximum Gasteiger partial charge on any atom is 0.311 e. The Morgan fingerprint density at radius 1 is 1.14 bits per heavy atom. The molecule has 0 saturated heterocycles. The predicted molar refractivity (Wildman–Crippen MR) is 87.3 cm³/mol. The summed E-state index contributed by atoms with van der Waals surface area (Å²) in [5.74, 6) is -1.23. The molecule has 2 N–H and O–H groups in total. The summed E-state index contributed by atoms with van der Waals surface area (Å²) in [6, 6.07) is 17.5. The molecule has 0 fully saturated rings. The minimum absolute atomic E-state index is 0.457. The van der Waals surface area contributed by atoms with Gasteiger partial charge in [-0.2, -0.15) is 0 Å². The van der Waals surface area contributed by atoms with E-state index in [9.17, 15) is 9.90 Å². The summed E-state index contributed by atoms with van der Waals surface area (Å²) in [7, 11) is 0. The van der Waals surface area contributed by atoms with E-state index in [0.29, 0.717) is 13.0 Å². The van der Waals surface area contributed by atoms with E-state index >= 15 is 0 Å². The molecule has 110 valence electrons. The van der Waals surface area contributed by atoms with Crippen LogP contribution in [0.15, 0.2) is 59.1 Å². The van der Waals surface area contributed by atoms with Gasteiger partial charge < -0.3 is 10.4 Å². The molecule has 0 bridgehead atoms. The fourth-order valence-corrected chi connectivity index (χ4v) is 2.69. The quantitative estimate of drug-likeness (QED) is 0.749. The summed E-state index contributed by atoms with van der Waals surface area (Å²) in [5, 5.41) is 12.6. The first-order chi connectivity index (χ1) is 10.2. The van der Waals surface area contributed by atoms with E-state index < -0.39 is 11.9 Å². The minimum atomic E-state index is -0.773. The van der Waals surface area contributed by atoms with Crippen molar-refractivity contribution in [1.29, 1.82) is 0 Å². The van der Waals surface area contributed by atoms with Crippen LogP contribution in [0.2, 0.25) is 0 Å². The molecule has 21 heavy (non-hydrogen) atoms. The van der Waals surface area contributed by atoms with Crippen LogP contribution in [0, 0.1) is 0 Å². The molecule has 2 rings (SSSR count). The van der Waals surface area contributed by atoms with E-state index in [1.807, 2.05) is 48.5 Å². The van der Waals surface area contributed by atoms with E-state index in [1.165, 1.54) is 5.56 Å². The third-order valence-electron chi connectivity index (χ3n) is 3.33. The lowest BCUT2D eigenvalue weighted by atomic mass is 9.96. The van der Waals surface area contributed by atoms with E-state index in [-0.39, 0.29) is 0 Å². The maximum absolute atomic E-state index is 11.4. The van der Waals surface area contributed by atoms with Crippen molar-refractivity contribution in [3.8, 4) is 0 Å². The third-order valence-corrected chi connectivity index (χ3v) is 3.82. The highest BCUT2D eigenvalue weighted by molar-refractivity contribution is 9.10. The fourth-order valence-electron chi connectivity index (χ4n) is 2.24. The van der Waals surface area contributed by atoms with Gasteiger partial charge in [0.15, 0.2) is 0 Å². The molecule has 2 aromatic carbocycles. The molecule has 0 heterocycles. The van der Waals surface area contributed by atoms with Crippen LogP contribution in [0.1, 0.15) is 23.5 Å². The van der Waals surface area contributed by atoms with Gasteiger partial charge in [-0.05, 0) is 36.2 Å². The fraction of sp³-hybridized carbons (Fsp3) is 0.235. The van der Waals surface area contributed by atoms with Crippen LogP contribution < -0.4 is 5.32 Å². The number of nitrogens with one attached hydrogen (secondary N) is 1. The van der Waals surface area contributed by atoms with Crippen molar-refractivity contribution in [2.45, 2.75) is 18.9 Å². The Kier molecular flexibility index (Phi) is 5.96. The van der Waals surface area contributed by atoms with Crippen molar-refractivity contribution in [3.05, 3.63) is 70.2 Å². The summed E-state index contributed by atoms with van der Waals surface area (Å²) >= 11 is 3.44. The van der Waals surface area contributed by atoms with Gasteiger partial charge in [-0.1, -0.05) is 58.4 Å². The Hall–Kier alpha value is -1.65. The molecule has 0 aliphatic rings. The lowest BCUT2D eigenvalue weighted by molar-refractivity contribution is -0.138. The summed E-state index contributed by atoms with van der Waals surface area (Å²) in [6.45, 7) is 1.40. The second-order valence-corrected chi connectivity index (χ2v) is 5.81. The molecule has 0 aromatic heterocycles. The number of rotatable bonds is 7. The Morgan fingerprint density at radius 2 is 1.90 bits per heavy atom. The summed E-state index contributed by atoms with van der Waals surface area (Å²) in [6.07, 6.45) is 0.577. The molecule has 0 saturated carbocycles. The topological polar surface area (TPSA) is 49.3 Å². The number of benzene rings is 2. The van der Waals surface area contributed by atoms with Crippen molar-refractivity contribution >= 4 is 21.9 Å². The normalized spacial score (nSPS) is 12.0. The van der Waals surface area contributed by atoms with Gasteiger partial charge in [-0.3, -0.25) is 4.79 Å². The van der Waals surface area contributed by atoms with Crippen LogP contribution in [-0.2, 0) is 11.3 Å². The van der Waals surface area contributed by atoms with Crippen molar-refractivity contribution in [2.24, 2.45) is 0 Å². The van der Waals surface area contributed by atoms with Gasteiger partial charge >= 0.3 is 5.97 Å². The minimum Gasteiger partial charge on any atom is -0.481 e. The summed E-state index contributed by atoms with van der Waals surface area (Å²) in [5.41, 5.74) is 2.03. The lowest BCUT2D eigenvalue weighted by Gasteiger charge is -2.13. The van der Waals surface area contributed by atoms with E-state index in [1.54, 1.807) is 0 Å². The average molecular weight is 348 g/mol. The Bertz CT molecular complexity index is 586. The number of aliphatic carboxylic acids is 1. The van der Waals surface area contributed by atoms with Crippen molar-refractivity contribution in [1.82, 2.24) is 5.32 Å². The number of hydrogen-bond donors (Lipinski definition) is 2. The SMILES string of the molecule is O=C(O)C(CCNCc1cccc(Br)c1)c1ccccc1. The van der Waals surface area contributed by atoms with Gasteiger partial charge in [0.1, 0.15) is 0 Å². The highest BCUT2D eigenvalue weighted by Gasteiger charge is 2.18. The molecule has 3 nitrogen and oxygen atoms in total. The molecule has 4 heteroatoms. The Morgan fingerprint density at radius 3 is 2.57 bits per heavy atom. The van der Waals surface area contributed by atoms with Gasteiger partial charge in [0.25, 0.3) is 0 Å². The number of carboxylic acids is 1. The molecule has 0 aliphatic heterocycles. The van der Waals surface area contributed by atoms with E-state index in [0.717, 1.165) is 16.6 Å². The van der Waals surface area contributed by atoms with E-state index in [2.05, 4.69) is 27.3 Å². The molecule has 1 unspecified atom stereocenters. The first-order valence-corrected chi connectivity index (χ1v) is 7.69. The first-order valence-electron chi connectivity index (χ1n) is 6.90. The lowest BCUT2D eigenvalue weighted by Crippen LogP contribution is -2.21. The predicted octanol–water partition coefficient (Wildman–Crippen LogP) is 3.80. The second kappa shape index (κ2) is 7.96. The van der Waals surface area contributed by atoms with Crippen LogP contribution in [0.25, 0.3) is 0 Å². The average Bonchev–Trinajstić information content (AvgIpc) is 2.48. The molecular formula is C17H18BrNO2. The van der Waals surface area contributed by atoms with Crippen molar-refractivity contribution in [3.63, 3.8) is 0 Å². The van der Waals surface area contributed by atoms with Gasteiger partial charge in [-0.15, -0.1) is 0 Å². The van der Waals surface area contributed by atoms with Crippen molar-refractivity contribution < 1.29 is 9.90 Å². The number of carbonyl (C=O) groups is 1. The van der Waals surface area contributed by atoms with E-state index in [4.69, 9.17) is 0 Å². The van der Waals surface area contributed by atoms with Crippen LogP contribution >= 0.6 is 15.9 Å². The second-order valence-electron chi connectivity index (χ2n) is 4.90. The van der Waals surface area contributed by atoms with Crippen LogP contribution in [-0.4, -0.2) is 17.6 Å². The highest BCUT2D eigenvalue weighted by Crippen LogP contribution is 2.19. The van der Waals surface area contributed by atoms with Crippen LogP contribution in [0.5, 0.6) is 0 Å². The van der Waals surface area contributed by atoms with Crippen molar-refractivity contribution in [2.75, 3.05) is 6.54 Å². The maximum atomic E-state index is 11.4. The van der Waals surface area contributed by atoms with Gasteiger partial charge in [0.05, 0.1) is 5.92 Å². The Labute approximate surface area is 133 Å². The number of hydrogen-bond acceptors (Lipinski definition) is 2. The standard InChI is InChI=1S/C17H18BrNO2/c18-15-8-4-5-13(11-15)12-19-10-9-16(17(20)21)14-6-2-1-3-7-14/h1-8,11,16,19H,9-10,12H2,(H,20,21). The zero-order chi connectivity index (χ0) is 15.1. The molecule has 0 radical (unpaired) electrons. The monoisotopic (exact) mass is 347 g/mol. The van der Waals surface area contributed by atoms with Gasteiger partial charge in [0, 0.05) is 11.0 Å². The molecule has 2 aromatic rings. The summed E-state index contributed by atoms with van der Waals surface area (Å²) < 4.78 is 1.05. The highest BCUT2D eigenvalue weighted by atomic mass is 79.9. The number of carboxylic acid groups (broad SMARTS) is 1. The van der Waals surface area contributed by atoms with Gasteiger partial charge in [0.2, 0.25) is 0 Å². The molecule has 0 aliphatic carbocycles. The molecular weight excluding hydrogens is 330 g/mol. The Balaban J connectivity index is 1.85. The molecule has 1 atom stereocenters. The number of halogens is 1. The molecule has 0 spiro atoms. The van der Waals surface area contributed by atoms with Crippen LogP contribution in [0.3, 0.4) is 0 Å².